The Morgan fingerprint density at radius 2 is 2.04 bits per heavy atom. The van der Waals surface area contributed by atoms with Gasteiger partial charge in [-0.3, -0.25) is 9.89 Å². The Bertz CT molecular complexity index is 724. The van der Waals surface area contributed by atoms with E-state index in [4.69, 9.17) is 5.73 Å². The number of benzene rings is 1. The van der Waals surface area contributed by atoms with Crippen molar-refractivity contribution < 1.29 is 4.79 Å². The van der Waals surface area contributed by atoms with E-state index in [1.165, 1.54) is 0 Å². The Kier molecular flexibility index (Phi) is 4.63. The molecule has 1 heterocycles. The lowest BCUT2D eigenvalue weighted by Crippen LogP contribution is -2.54. The molecule has 4 N–H and O–H groups in total. The average Bonchev–Trinajstić information content (AvgIpc) is 3.27. The number of hydrogen-bond acceptors (Lipinski definition) is 4. The SMILES string of the molecule is N#CC(Cc1ccc(-c2cn[nH]c2)cc1)NC(=O)C1(N)CCCC1. The van der Waals surface area contributed by atoms with E-state index in [0.29, 0.717) is 19.3 Å². The molecule has 1 amide bonds. The van der Waals surface area contributed by atoms with Gasteiger partial charge in [-0.05, 0) is 24.0 Å². The van der Waals surface area contributed by atoms with Crippen LogP contribution >= 0.6 is 0 Å². The topological polar surface area (TPSA) is 108 Å². The number of amides is 1. The van der Waals surface area contributed by atoms with Crippen molar-refractivity contribution in [1.82, 2.24) is 15.5 Å². The van der Waals surface area contributed by atoms with Gasteiger partial charge in [0.05, 0.1) is 17.8 Å². The third-order valence-electron chi connectivity index (χ3n) is 4.63. The summed E-state index contributed by atoms with van der Waals surface area (Å²) in [7, 11) is 0. The fourth-order valence-corrected chi connectivity index (χ4v) is 3.14. The minimum Gasteiger partial charge on any atom is -0.338 e. The van der Waals surface area contributed by atoms with Crippen LogP contribution in [-0.4, -0.2) is 27.7 Å². The van der Waals surface area contributed by atoms with E-state index >= 15 is 0 Å². The van der Waals surface area contributed by atoms with Crippen molar-refractivity contribution >= 4 is 5.91 Å². The Balaban J connectivity index is 1.63. The van der Waals surface area contributed by atoms with E-state index in [1.54, 1.807) is 6.20 Å². The first-order chi connectivity index (χ1) is 11.6. The highest BCUT2D eigenvalue weighted by Crippen LogP contribution is 2.27. The molecule has 0 radical (unpaired) electrons. The number of carbonyl (C=O) groups excluding carboxylic acids is 1. The maximum Gasteiger partial charge on any atom is 0.241 e. The average molecular weight is 323 g/mol. The molecule has 6 heteroatoms. The summed E-state index contributed by atoms with van der Waals surface area (Å²) in [6.07, 6.45) is 7.37. The summed E-state index contributed by atoms with van der Waals surface area (Å²) in [6.45, 7) is 0. The first-order valence-corrected chi connectivity index (χ1v) is 8.18. The van der Waals surface area contributed by atoms with Crippen LogP contribution in [0.3, 0.4) is 0 Å². The van der Waals surface area contributed by atoms with Crippen LogP contribution in [0.2, 0.25) is 0 Å². The largest absolute Gasteiger partial charge is 0.338 e. The molecule has 1 aliphatic rings. The second kappa shape index (κ2) is 6.85. The van der Waals surface area contributed by atoms with Gasteiger partial charge in [0.25, 0.3) is 0 Å². The van der Waals surface area contributed by atoms with E-state index < -0.39 is 11.6 Å². The summed E-state index contributed by atoms with van der Waals surface area (Å²) in [5.74, 6) is -0.207. The van der Waals surface area contributed by atoms with Gasteiger partial charge in [-0.15, -0.1) is 0 Å². The van der Waals surface area contributed by atoms with Crippen molar-refractivity contribution in [3.05, 3.63) is 42.2 Å². The standard InChI is InChI=1S/C18H21N5O/c19-10-16(23-17(24)18(20)7-1-2-8-18)9-13-3-5-14(6-4-13)15-11-21-22-12-15/h3-6,11-12,16H,1-2,7-9,20H2,(H,21,22)(H,23,24). The number of aromatic nitrogens is 2. The van der Waals surface area contributed by atoms with E-state index in [1.807, 2.05) is 30.5 Å². The third-order valence-corrected chi connectivity index (χ3v) is 4.63. The lowest BCUT2D eigenvalue weighted by Gasteiger charge is -2.24. The molecule has 0 aliphatic heterocycles. The highest BCUT2D eigenvalue weighted by Gasteiger charge is 2.37. The quantitative estimate of drug-likeness (QED) is 0.781. The minimum absolute atomic E-state index is 0.207. The van der Waals surface area contributed by atoms with Gasteiger partial charge in [0.1, 0.15) is 6.04 Å². The van der Waals surface area contributed by atoms with Gasteiger partial charge in [-0.1, -0.05) is 37.1 Å². The molecule has 1 aliphatic carbocycles. The van der Waals surface area contributed by atoms with Gasteiger partial charge in [0.2, 0.25) is 5.91 Å². The number of nitrogens with zero attached hydrogens (tertiary/aromatic N) is 2. The number of nitrogens with one attached hydrogen (secondary N) is 2. The molecule has 0 saturated heterocycles. The highest BCUT2D eigenvalue weighted by atomic mass is 16.2. The zero-order chi connectivity index (χ0) is 17.0. The Hall–Kier alpha value is -2.65. The van der Waals surface area contributed by atoms with E-state index in [0.717, 1.165) is 29.5 Å². The maximum atomic E-state index is 12.3. The number of nitrogens with two attached hydrogens (primary N) is 1. The van der Waals surface area contributed by atoms with Gasteiger partial charge in [0.15, 0.2) is 0 Å². The molecule has 1 atom stereocenters. The first kappa shape index (κ1) is 16.2. The molecule has 24 heavy (non-hydrogen) atoms. The van der Waals surface area contributed by atoms with Gasteiger partial charge >= 0.3 is 0 Å². The number of H-pyrrole nitrogens is 1. The molecule has 2 aromatic rings. The first-order valence-electron chi connectivity index (χ1n) is 8.18. The lowest BCUT2D eigenvalue weighted by atomic mass is 9.96. The van der Waals surface area contributed by atoms with Crippen molar-refractivity contribution in [2.24, 2.45) is 5.73 Å². The summed E-state index contributed by atoms with van der Waals surface area (Å²) in [4.78, 5) is 12.3. The predicted molar refractivity (Wildman–Crippen MR) is 90.7 cm³/mol. The monoisotopic (exact) mass is 323 g/mol. The summed E-state index contributed by atoms with van der Waals surface area (Å²) in [5.41, 5.74) is 8.39. The molecule has 1 unspecified atom stereocenters. The van der Waals surface area contributed by atoms with Crippen LogP contribution in [0.25, 0.3) is 11.1 Å². The molecule has 0 spiro atoms. The van der Waals surface area contributed by atoms with E-state index in [-0.39, 0.29) is 5.91 Å². The maximum absolute atomic E-state index is 12.3. The smallest absolute Gasteiger partial charge is 0.241 e. The fourth-order valence-electron chi connectivity index (χ4n) is 3.14. The molecule has 1 aromatic heterocycles. The van der Waals surface area contributed by atoms with Crippen LogP contribution in [-0.2, 0) is 11.2 Å². The molecule has 0 bridgehead atoms. The summed E-state index contributed by atoms with van der Waals surface area (Å²) < 4.78 is 0. The van der Waals surface area contributed by atoms with Crippen molar-refractivity contribution in [1.29, 1.82) is 5.26 Å². The summed E-state index contributed by atoms with van der Waals surface area (Å²) >= 11 is 0. The van der Waals surface area contributed by atoms with Gasteiger partial charge in [0, 0.05) is 18.2 Å². The molecule has 3 rings (SSSR count). The second-order valence-electron chi connectivity index (χ2n) is 6.41. The Labute approximate surface area is 141 Å². The van der Waals surface area contributed by atoms with Crippen LogP contribution in [0.5, 0.6) is 0 Å². The highest BCUT2D eigenvalue weighted by molar-refractivity contribution is 5.86. The second-order valence-corrected chi connectivity index (χ2v) is 6.41. The number of carbonyl (C=O) groups is 1. The Morgan fingerprint density at radius 3 is 2.62 bits per heavy atom. The number of aromatic amines is 1. The minimum atomic E-state index is -0.805. The summed E-state index contributed by atoms with van der Waals surface area (Å²) in [5, 5.41) is 18.9. The van der Waals surface area contributed by atoms with Crippen molar-refractivity contribution in [2.45, 2.75) is 43.7 Å². The predicted octanol–water partition coefficient (Wildman–Crippen LogP) is 1.90. The molecular weight excluding hydrogens is 302 g/mol. The van der Waals surface area contributed by atoms with Crippen LogP contribution in [0.4, 0.5) is 0 Å². The van der Waals surface area contributed by atoms with Crippen LogP contribution in [0.15, 0.2) is 36.7 Å². The molecule has 124 valence electrons. The molecule has 1 fully saturated rings. The summed E-state index contributed by atoms with van der Waals surface area (Å²) in [6, 6.07) is 9.49. The molecule has 6 nitrogen and oxygen atoms in total. The number of nitriles is 1. The van der Waals surface area contributed by atoms with Crippen molar-refractivity contribution in [3.8, 4) is 17.2 Å². The fraction of sp³-hybridized carbons (Fsp3) is 0.389. The van der Waals surface area contributed by atoms with Gasteiger partial charge < -0.3 is 11.1 Å². The van der Waals surface area contributed by atoms with Crippen LogP contribution < -0.4 is 11.1 Å². The zero-order valence-corrected chi connectivity index (χ0v) is 13.5. The Morgan fingerprint density at radius 1 is 1.33 bits per heavy atom. The molecule has 1 aromatic carbocycles. The van der Waals surface area contributed by atoms with Gasteiger partial charge in [-0.2, -0.15) is 10.4 Å². The number of rotatable bonds is 5. The van der Waals surface area contributed by atoms with Crippen LogP contribution in [0, 0.1) is 11.3 Å². The molecular formula is C18H21N5O. The third kappa shape index (κ3) is 3.47. The number of hydrogen-bond donors (Lipinski definition) is 3. The normalized spacial score (nSPS) is 17.2. The van der Waals surface area contributed by atoms with Crippen molar-refractivity contribution in [2.75, 3.05) is 0 Å². The van der Waals surface area contributed by atoms with Crippen molar-refractivity contribution in [3.63, 3.8) is 0 Å². The van der Waals surface area contributed by atoms with Gasteiger partial charge in [-0.25, -0.2) is 0 Å². The zero-order valence-electron chi connectivity index (χ0n) is 13.5. The van der Waals surface area contributed by atoms with E-state index in [9.17, 15) is 10.1 Å². The molecule has 1 saturated carbocycles. The van der Waals surface area contributed by atoms with Crippen LogP contribution in [0.1, 0.15) is 31.2 Å². The van der Waals surface area contributed by atoms with E-state index in [2.05, 4.69) is 21.6 Å². The lowest BCUT2D eigenvalue weighted by molar-refractivity contribution is -0.126.